The SMILES string of the molecule is O=S(=O)(O)c1cnc(C(c2ccc(F)c(Cl)c2)c2ccc(F)c(Cl)c2)n1C1CCOC1. The molecule has 1 atom stereocenters. The van der Waals surface area contributed by atoms with Crippen LogP contribution in [0.5, 0.6) is 0 Å². The van der Waals surface area contributed by atoms with E-state index >= 15 is 0 Å². The second-order valence-corrected chi connectivity index (χ2v) is 9.28. The molecule has 3 aromatic rings. The molecule has 1 aromatic heterocycles. The van der Waals surface area contributed by atoms with Gasteiger partial charge in [-0.1, -0.05) is 35.3 Å². The summed E-state index contributed by atoms with van der Waals surface area (Å²) in [6, 6.07) is 7.65. The van der Waals surface area contributed by atoms with Crippen LogP contribution in [0.4, 0.5) is 8.78 Å². The van der Waals surface area contributed by atoms with Crippen molar-refractivity contribution in [2.75, 3.05) is 13.2 Å². The highest BCUT2D eigenvalue weighted by Crippen LogP contribution is 2.38. The van der Waals surface area contributed by atoms with E-state index in [1.165, 1.54) is 41.0 Å². The van der Waals surface area contributed by atoms with Gasteiger partial charge in [-0.3, -0.25) is 4.55 Å². The average Bonchev–Trinajstić information content (AvgIpc) is 3.37. The van der Waals surface area contributed by atoms with Crippen LogP contribution in [-0.4, -0.2) is 35.7 Å². The van der Waals surface area contributed by atoms with Crippen molar-refractivity contribution in [1.29, 1.82) is 0 Å². The van der Waals surface area contributed by atoms with Crippen molar-refractivity contribution in [2.24, 2.45) is 0 Å². The van der Waals surface area contributed by atoms with E-state index in [1.54, 1.807) is 0 Å². The predicted octanol–water partition coefficient (Wildman–Crippen LogP) is 4.86. The van der Waals surface area contributed by atoms with Gasteiger partial charge < -0.3 is 9.30 Å². The van der Waals surface area contributed by atoms with Crippen molar-refractivity contribution in [1.82, 2.24) is 9.55 Å². The molecule has 0 radical (unpaired) electrons. The summed E-state index contributed by atoms with van der Waals surface area (Å²) in [5.74, 6) is -1.82. The van der Waals surface area contributed by atoms with E-state index in [9.17, 15) is 21.8 Å². The highest BCUT2D eigenvalue weighted by molar-refractivity contribution is 7.85. The van der Waals surface area contributed by atoms with Crippen LogP contribution in [0.1, 0.15) is 35.3 Å². The van der Waals surface area contributed by atoms with E-state index in [-0.39, 0.29) is 22.5 Å². The lowest BCUT2D eigenvalue weighted by Gasteiger charge is -2.23. The van der Waals surface area contributed by atoms with Crippen molar-refractivity contribution in [3.05, 3.63) is 81.2 Å². The standard InChI is InChI=1S/C20H16Cl2F2N2O4S/c21-14-7-11(1-3-16(14)23)19(12-2-4-17(24)15(22)8-12)20-25-9-18(31(27,28)29)26(20)13-5-6-30-10-13/h1-4,7-9,13,19H,5-6,10H2,(H,27,28,29). The third-order valence-electron chi connectivity index (χ3n) is 5.14. The lowest BCUT2D eigenvalue weighted by molar-refractivity contribution is 0.184. The van der Waals surface area contributed by atoms with Crippen LogP contribution in [0.25, 0.3) is 0 Å². The Balaban J connectivity index is 1.98. The zero-order valence-corrected chi connectivity index (χ0v) is 18.1. The molecule has 1 N–H and O–H groups in total. The van der Waals surface area contributed by atoms with Gasteiger partial charge in [0, 0.05) is 6.61 Å². The topological polar surface area (TPSA) is 81.4 Å². The Hall–Kier alpha value is -2.04. The smallest absolute Gasteiger partial charge is 0.311 e. The maximum Gasteiger partial charge on any atom is 0.311 e. The largest absolute Gasteiger partial charge is 0.379 e. The molecule has 1 aliphatic rings. The van der Waals surface area contributed by atoms with Crippen molar-refractivity contribution in [3.63, 3.8) is 0 Å². The Kier molecular flexibility index (Phi) is 6.06. The highest BCUT2D eigenvalue weighted by Gasteiger charge is 2.33. The molecule has 2 heterocycles. The van der Waals surface area contributed by atoms with Crippen molar-refractivity contribution in [3.8, 4) is 0 Å². The summed E-state index contributed by atoms with van der Waals surface area (Å²) in [5, 5.41) is -0.689. The number of nitrogens with zero attached hydrogens (tertiary/aromatic N) is 2. The van der Waals surface area contributed by atoms with Gasteiger partial charge in [-0.2, -0.15) is 8.42 Å². The quantitative estimate of drug-likeness (QED) is 0.518. The van der Waals surface area contributed by atoms with Gasteiger partial charge in [-0.05, 0) is 41.8 Å². The normalized spacial score (nSPS) is 16.9. The van der Waals surface area contributed by atoms with Gasteiger partial charge in [0.15, 0.2) is 5.03 Å². The number of hydrogen-bond donors (Lipinski definition) is 1. The van der Waals surface area contributed by atoms with Gasteiger partial charge in [-0.25, -0.2) is 13.8 Å². The summed E-state index contributed by atoms with van der Waals surface area (Å²) in [4.78, 5) is 4.28. The first-order chi connectivity index (χ1) is 14.7. The Morgan fingerprint density at radius 2 is 1.68 bits per heavy atom. The zero-order chi connectivity index (χ0) is 22.3. The van der Waals surface area contributed by atoms with Crippen LogP contribution >= 0.6 is 23.2 Å². The number of rotatable bonds is 5. The van der Waals surface area contributed by atoms with Gasteiger partial charge in [0.2, 0.25) is 0 Å². The number of aromatic nitrogens is 2. The number of hydrogen-bond acceptors (Lipinski definition) is 4. The molecule has 31 heavy (non-hydrogen) atoms. The monoisotopic (exact) mass is 488 g/mol. The van der Waals surface area contributed by atoms with E-state index in [2.05, 4.69) is 4.98 Å². The molecular weight excluding hydrogens is 473 g/mol. The molecule has 0 saturated carbocycles. The molecule has 6 nitrogen and oxygen atoms in total. The van der Waals surface area contributed by atoms with Gasteiger partial charge >= 0.3 is 10.1 Å². The number of halogens is 4. The summed E-state index contributed by atoms with van der Waals surface area (Å²) in [7, 11) is -4.60. The van der Waals surface area contributed by atoms with Crippen LogP contribution in [0, 0.1) is 11.6 Å². The number of imidazole rings is 1. The molecule has 4 rings (SSSR count). The van der Waals surface area contributed by atoms with Crippen LogP contribution in [0.2, 0.25) is 10.0 Å². The Morgan fingerprint density at radius 3 is 2.13 bits per heavy atom. The van der Waals surface area contributed by atoms with Crippen LogP contribution < -0.4 is 0 Å². The lowest BCUT2D eigenvalue weighted by Crippen LogP contribution is -2.20. The van der Waals surface area contributed by atoms with Gasteiger partial charge in [0.25, 0.3) is 0 Å². The van der Waals surface area contributed by atoms with Gasteiger partial charge in [0.1, 0.15) is 17.5 Å². The van der Waals surface area contributed by atoms with E-state index in [0.29, 0.717) is 24.2 Å². The van der Waals surface area contributed by atoms with Crippen LogP contribution in [0.3, 0.4) is 0 Å². The number of ether oxygens (including phenoxy) is 1. The minimum atomic E-state index is -4.60. The molecule has 11 heteroatoms. The fourth-order valence-corrected chi connectivity index (χ4v) is 4.79. The molecule has 1 saturated heterocycles. The molecule has 0 bridgehead atoms. The number of benzene rings is 2. The summed E-state index contributed by atoms with van der Waals surface area (Å²) in [6.07, 6.45) is 1.54. The minimum absolute atomic E-state index is 0.145. The fourth-order valence-electron chi connectivity index (χ4n) is 3.73. The van der Waals surface area contributed by atoms with Crippen molar-refractivity contribution in [2.45, 2.75) is 23.4 Å². The summed E-state index contributed by atoms with van der Waals surface area (Å²) >= 11 is 12.0. The second kappa shape index (κ2) is 8.48. The first kappa shape index (κ1) is 22.2. The van der Waals surface area contributed by atoms with E-state index in [1.807, 2.05) is 0 Å². The summed E-state index contributed by atoms with van der Waals surface area (Å²) < 4.78 is 68.2. The van der Waals surface area contributed by atoms with E-state index in [0.717, 1.165) is 6.20 Å². The van der Waals surface area contributed by atoms with Crippen LogP contribution in [0.15, 0.2) is 47.6 Å². The molecule has 1 unspecified atom stereocenters. The van der Waals surface area contributed by atoms with Gasteiger partial charge in [0.05, 0.1) is 34.8 Å². The van der Waals surface area contributed by atoms with Crippen molar-refractivity contribution < 1.29 is 26.5 Å². The zero-order valence-electron chi connectivity index (χ0n) is 15.8. The fraction of sp³-hybridized carbons (Fsp3) is 0.250. The highest BCUT2D eigenvalue weighted by atomic mass is 35.5. The maximum atomic E-state index is 13.8. The minimum Gasteiger partial charge on any atom is -0.379 e. The maximum absolute atomic E-state index is 13.8. The molecule has 0 spiro atoms. The predicted molar refractivity (Wildman–Crippen MR) is 110 cm³/mol. The first-order valence-corrected chi connectivity index (χ1v) is 11.4. The lowest BCUT2D eigenvalue weighted by atomic mass is 9.90. The third kappa shape index (κ3) is 4.33. The molecule has 0 amide bonds. The third-order valence-corrected chi connectivity index (χ3v) is 6.55. The molecule has 1 fully saturated rings. The summed E-state index contributed by atoms with van der Waals surface area (Å²) in [6.45, 7) is 0.621. The average molecular weight is 489 g/mol. The Labute approximate surface area is 187 Å². The Bertz CT molecular complexity index is 1190. The second-order valence-electron chi connectivity index (χ2n) is 7.10. The molecule has 0 aliphatic carbocycles. The molecule has 2 aromatic carbocycles. The van der Waals surface area contributed by atoms with Gasteiger partial charge in [-0.15, -0.1) is 0 Å². The molecule has 1 aliphatic heterocycles. The Morgan fingerprint density at radius 1 is 1.10 bits per heavy atom. The molecule has 164 valence electrons. The van der Waals surface area contributed by atoms with E-state index < -0.39 is 38.7 Å². The van der Waals surface area contributed by atoms with E-state index in [4.69, 9.17) is 27.9 Å². The summed E-state index contributed by atoms with van der Waals surface area (Å²) in [5.41, 5.74) is 0.948. The first-order valence-electron chi connectivity index (χ1n) is 9.19. The van der Waals surface area contributed by atoms with Crippen LogP contribution in [-0.2, 0) is 14.9 Å². The van der Waals surface area contributed by atoms with Crippen molar-refractivity contribution >= 4 is 33.3 Å². The molecular formula is C20H16Cl2F2N2O4S.